The van der Waals surface area contributed by atoms with Crippen LogP contribution < -0.4 is 4.74 Å². The van der Waals surface area contributed by atoms with Crippen LogP contribution in [0.4, 0.5) is 0 Å². The predicted molar refractivity (Wildman–Crippen MR) is 127 cm³/mol. The van der Waals surface area contributed by atoms with Crippen molar-refractivity contribution in [1.29, 1.82) is 0 Å². The Bertz CT molecular complexity index is 997. The molecule has 29 heavy (non-hydrogen) atoms. The summed E-state index contributed by atoms with van der Waals surface area (Å²) in [4.78, 5) is 0. The summed E-state index contributed by atoms with van der Waals surface area (Å²) >= 11 is 7.23. The van der Waals surface area contributed by atoms with Crippen LogP contribution in [0, 0.1) is 0 Å². The van der Waals surface area contributed by atoms with Crippen molar-refractivity contribution in [3.05, 3.63) is 128 Å². The van der Waals surface area contributed by atoms with E-state index in [0.717, 1.165) is 33.3 Å². The Morgan fingerprint density at radius 2 is 0.862 bits per heavy atom. The molecule has 0 unspecified atom stereocenters. The van der Waals surface area contributed by atoms with Gasteiger partial charge in [0.15, 0.2) is 0 Å². The summed E-state index contributed by atoms with van der Waals surface area (Å²) in [6.07, 6.45) is 1.79. The Labute approximate surface area is 188 Å². The van der Waals surface area contributed by atoms with Crippen LogP contribution in [-0.2, 0) is 12.8 Å². The minimum Gasteiger partial charge on any atom is -0.457 e. The number of ether oxygens (including phenoxy) is 1. The van der Waals surface area contributed by atoms with Crippen LogP contribution >= 0.6 is 31.9 Å². The van der Waals surface area contributed by atoms with Gasteiger partial charge >= 0.3 is 0 Å². The van der Waals surface area contributed by atoms with E-state index in [-0.39, 0.29) is 0 Å². The van der Waals surface area contributed by atoms with Crippen LogP contribution in [0.5, 0.6) is 11.5 Å². The second-order valence-corrected chi connectivity index (χ2v) is 8.64. The summed E-state index contributed by atoms with van der Waals surface area (Å²) in [6, 6.07) is 33.2. The first kappa shape index (κ1) is 19.9. The van der Waals surface area contributed by atoms with Crippen molar-refractivity contribution < 1.29 is 4.74 Å². The molecule has 4 aromatic carbocycles. The first-order valence-electron chi connectivity index (χ1n) is 9.50. The first-order valence-corrected chi connectivity index (χ1v) is 11.1. The van der Waals surface area contributed by atoms with E-state index in [1.807, 2.05) is 36.4 Å². The van der Waals surface area contributed by atoms with Gasteiger partial charge in [0.2, 0.25) is 0 Å². The van der Waals surface area contributed by atoms with Gasteiger partial charge in [-0.1, -0.05) is 92.5 Å². The Morgan fingerprint density at radius 1 is 0.483 bits per heavy atom. The van der Waals surface area contributed by atoms with Gasteiger partial charge in [-0.05, 0) is 71.5 Å². The highest BCUT2D eigenvalue weighted by Gasteiger charge is 2.04. The van der Waals surface area contributed by atoms with Crippen LogP contribution in [0.15, 0.2) is 106 Å². The van der Waals surface area contributed by atoms with E-state index in [9.17, 15) is 0 Å². The van der Waals surface area contributed by atoms with Gasteiger partial charge < -0.3 is 4.74 Å². The first-order chi connectivity index (χ1) is 14.2. The number of hydrogen-bond donors (Lipinski definition) is 0. The maximum atomic E-state index is 6.02. The predicted octanol–water partition coefficient (Wildman–Crippen LogP) is 8.19. The molecule has 0 fully saturated rings. The topological polar surface area (TPSA) is 9.23 Å². The monoisotopic (exact) mass is 506 g/mol. The van der Waals surface area contributed by atoms with Gasteiger partial charge in [0, 0.05) is 8.95 Å². The number of halogens is 2. The molecule has 0 aliphatic rings. The molecule has 0 radical (unpaired) electrons. The number of benzene rings is 4. The van der Waals surface area contributed by atoms with Crippen LogP contribution in [0.3, 0.4) is 0 Å². The zero-order valence-corrected chi connectivity index (χ0v) is 19.0. The molecule has 4 aromatic rings. The Hall–Kier alpha value is -2.36. The van der Waals surface area contributed by atoms with E-state index in [0.29, 0.717) is 0 Å². The quantitative estimate of drug-likeness (QED) is 0.255. The van der Waals surface area contributed by atoms with Crippen molar-refractivity contribution in [1.82, 2.24) is 0 Å². The van der Waals surface area contributed by atoms with Crippen LogP contribution in [0.1, 0.15) is 22.3 Å². The molecule has 0 aliphatic heterocycles. The van der Waals surface area contributed by atoms with Gasteiger partial charge in [-0.25, -0.2) is 0 Å². The van der Waals surface area contributed by atoms with E-state index in [1.54, 1.807) is 0 Å². The maximum absolute atomic E-state index is 6.02. The van der Waals surface area contributed by atoms with Gasteiger partial charge in [-0.3, -0.25) is 0 Å². The highest BCUT2D eigenvalue weighted by atomic mass is 79.9. The molecular formula is C26H20Br2O. The fourth-order valence-corrected chi connectivity index (χ4v) is 4.06. The van der Waals surface area contributed by atoms with Crippen molar-refractivity contribution in [2.45, 2.75) is 12.8 Å². The zero-order valence-electron chi connectivity index (χ0n) is 15.8. The lowest BCUT2D eigenvalue weighted by atomic mass is 10.0. The SMILES string of the molecule is Brc1ccccc1Cc1ccc(Oc2ccc(Cc3ccccc3Br)cc2)cc1. The lowest BCUT2D eigenvalue weighted by Gasteiger charge is -2.09. The summed E-state index contributed by atoms with van der Waals surface area (Å²) in [6.45, 7) is 0. The Morgan fingerprint density at radius 3 is 1.24 bits per heavy atom. The lowest BCUT2D eigenvalue weighted by molar-refractivity contribution is 0.482. The molecule has 0 spiro atoms. The van der Waals surface area contributed by atoms with Gasteiger partial charge in [-0.2, -0.15) is 0 Å². The molecule has 0 N–H and O–H groups in total. The zero-order chi connectivity index (χ0) is 20.1. The molecular weight excluding hydrogens is 488 g/mol. The average molecular weight is 508 g/mol. The summed E-state index contributed by atoms with van der Waals surface area (Å²) in [5, 5.41) is 0. The van der Waals surface area contributed by atoms with Gasteiger partial charge in [0.05, 0.1) is 0 Å². The largest absolute Gasteiger partial charge is 0.457 e. The second kappa shape index (κ2) is 9.43. The number of hydrogen-bond acceptors (Lipinski definition) is 1. The van der Waals surface area contributed by atoms with Crippen LogP contribution in [0.25, 0.3) is 0 Å². The summed E-state index contributed by atoms with van der Waals surface area (Å²) in [7, 11) is 0. The second-order valence-electron chi connectivity index (χ2n) is 6.93. The minimum absolute atomic E-state index is 0.847. The van der Waals surface area contributed by atoms with Crippen LogP contribution in [-0.4, -0.2) is 0 Å². The molecule has 0 saturated heterocycles. The van der Waals surface area contributed by atoms with E-state index in [2.05, 4.69) is 92.5 Å². The molecule has 0 saturated carbocycles. The normalized spacial score (nSPS) is 10.7. The van der Waals surface area contributed by atoms with Gasteiger partial charge in [0.25, 0.3) is 0 Å². The van der Waals surface area contributed by atoms with Crippen LogP contribution in [0.2, 0.25) is 0 Å². The van der Waals surface area contributed by atoms with E-state index >= 15 is 0 Å². The summed E-state index contributed by atoms with van der Waals surface area (Å²) in [5.74, 6) is 1.69. The molecule has 3 heteroatoms. The van der Waals surface area contributed by atoms with Crippen molar-refractivity contribution in [2.24, 2.45) is 0 Å². The third kappa shape index (κ3) is 5.37. The van der Waals surface area contributed by atoms with E-state index < -0.39 is 0 Å². The Balaban J connectivity index is 1.39. The number of rotatable bonds is 6. The highest BCUT2D eigenvalue weighted by molar-refractivity contribution is 9.10. The van der Waals surface area contributed by atoms with Crippen molar-refractivity contribution in [3.63, 3.8) is 0 Å². The van der Waals surface area contributed by atoms with Crippen molar-refractivity contribution >= 4 is 31.9 Å². The fraction of sp³-hybridized carbons (Fsp3) is 0.0769. The summed E-state index contributed by atoms with van der Waals surface area (Å²) < 4.78 is 8.30. The molecule has 4 rings (SSSR count). The maximum Gasteiger partial charge on any atom is 0.127 e. The van der Waals surface area contributed by atoms with Gasteiger partial charge in [-0.15, -0.1) is 0 Å². The average Bonchev–Trinajstić information content (AvgIpc) is 2.74. The standard InChI is InChI=1S/C26H20Br2O/c27-25-7-3-1-5-21(25)17-19-9-13-23(14-10-19)29-24-15-11-20(12-16-24)18-22-6-2-4-8-26(22)28/h1-16H,17-18H2. The molecule has 0 aliphatic carbocycles. The molecule has 1 nitrogen and oxygen atoms in total. The van der Waals surface area contributed by atoms with Crippen molar-refractivity contribution in [2.75, 3.05) is 0 Å². The molecule has 0 amide bonds. The fourth-order valence-electron chi connectivity index (χ4n) is 3.21. The smallest absolute Gasteiger partial charge is 0.127 e. The molecule has 0 atom stereocenters. The van der Waals surface area contributed by atoms with Crippen molar-refractivity contribution in [3.8, 4) is 11.5 Å². The third-order valence-electron chi connectivity index (χ3n) is 4.79. The van der Waals surface area contributed by atoms with E-state index in [4.69, 9.17) is 4.74 Å². The summed E-state index contributed by atoms with van der Waals surface area (Å²) in [5.41, 5.74) is 5.07. The molecule has 0 bridgehead atoms. The third-order valence-corrected chi connectivity index (χ3v) is 6.33. The highest BCUT2D eigenvalue weighted by Crippen LogP contribution is 2.26. The lowest BCUT2D eigenvalue weighted by Crippen LogP contribution is -1.91. The van der Waals surface area contributed by atoms with E-state index in [1.165, 1.54) is 22.3 Å². The minimum atomic E-state index is 0.847. The van der Waals surface area contributed by atoms with Gasteiger partial charge in [0.1, 0.15) is 11.5 Å². The Kier molecular flexibility index (Phi) is 6.48. The molecule has 144 valence electrons. The molecule has 0 aromatic heterocycles. The molecule has 0 heterocycles.